The van der Waals surface area contributed by atoms with Crippen LogP contribution < -0.4 is 5.73 Å². The minimum Gasteiger partial charge on any atom is -0.395 e. The van der Waals surface area contributed by atoms with E-state index in [0.29, 0.717) is 19.3 Å². The Morgan fingerprint density at radius 2 is 2.12 bits per heavy atom. The van der Waals surface area contributed by atoms with E-state index < -0.39 is 0 Å². The fraction of sp³-hybridized carbons (Fsp3) is 0.500. The van der Waals surface area contributed by atoms with Crippen molar-refractivity contribution in [2.45, 2.75) is 39.2 Å². The maximum Gasteiger partial charge on any atom is 0.137 e. The van der Waals surface area contributed by atoms with E-state index in [-0.39, 0.29) is 18.4 Å². The summed E-state index contributed by atoms with van der Waals surface area (Å²) in [6.07, 6.45) is 1.46. The Balaban J connectivity index is 2.53. The topological polar surface area (TPSA) is 63.3 Å². The fourth-order valence-electron chi connectivity index (χ4n) is 1.73. The third-order valence-corrected chi connectivity index (χ3v) is 2.92. The van der Waals surface area contributed by atoms with Crippen LogP contribution in [0.4, 0.5) is 0 Å². The summed E-state index contributed by atoms with van der Waals surface area (Å²) in [5.74, 6) is 0.183. The lowest BCUT2D eigenvalue weighted by atomic mass is 9.98. The molecule has 0 aliphatic heterocycles. The largest absolute Gasteiger partial charge is 0.395 e. The molecule has 0 fully saturated rings. The Morgan fingerprint density at radius 3 is 2.76 bits per heavy atom. The van der Waals surface area contributed by atoms with Crippen molar-refractivity contribution >= 4 is 5.78 Å². The van der Waals surface area contributed by atoms with Crippen LogP contribution in [0.3, 0.4) is 0 Å². The Morgan fingerprint density at radius 1 is 1.41 bits per heavy atom. The summed E-state index contributed by atoms with van der Waals surface area (Å²) in [6, 6.07) is 5.86. The second-order valence-electron chi connectivity index (χ2n) is 4.63. The van der Waals surface area contributed by atoms with Crippen LogP contribution in [-0.2, 0) is 11.2 Å². The highest BCUT2D eigenvalue weighted by molar-refractivity contribution is 5.81. The van der Waals surface area contributed by atoms with Gasteiger partial charge < -0.3 is 10.8 Å². The van der Waals surface area contributed by atoms with Crippen LogP contribution in [0.5, 0.6) is 0 Å². The maximum atomic E-state index is 11.8. The number of aryl methyl sites for hydroxylation is 2. The molecule has 0 bridgehead atoms. The summed E-state index contributed by atoms with van der Waals surface area (Å²) in [7, 11) is 0. The van der Waals surface area contributed by atoms with E-state index in [9.17, 15) is 4.79 Å². The number of aliphatic hydroxyl groups excluding tert-OH is 1. The van der Waals surface area contributed by atoms with Crippen molar-refractivity contribution in [1.29, 1.82) is 0 Å². The summed E-state index contributed by atoms with van der Waals surface area (Å²) in [6.45, 7) is 3.98. The Bertz CT molecular complexity index is 388. The molecule has 17 heavy (non-hydrogen) atoms. The van der Waals surface area contributed by atoms with Gasteiger partial charge in [-0.05, 0) is 31.4 Å². The SMILES string of the molecule is Cc1ccc(C)c(CC(=O)CCC(N)CO)c1. The number of carbonyl (C=O) groups is 1. The van der Waals surface area contributed by atoms with Crippen molar-refractivity contribution < 1.29 is 9.90 Å². The molecule has 1 atom stereocenters. The lowest BCUT2D eigenvalue weighted by Gasteiger charge is -2.09. The van der Waals surface area contributed by atoms with Gasteiger partial charge in [0, 0.05) is 18.9 Å². The normalized spacial score (nSPS) is 12.5. The van der Waals surface area contributed by atoms with Crippen molar-refractivity contribution in [3.05, 3.63) is 34.9 Å². The Hall–Kier alpha value is -1.19. The van der Waals surface area contributed by atoms with Gasteiger partial charge in [0.25, 0.3) is 0 Å². The molecule has 94 valence electrons. The smallest absolute Gasteiger partial charge is 0.137 e. The summed E-state index contributed by atoms with van der Waals surface area (Å²) in [5, 5.41) is 8.78. The number of Topliss-reactive ketones (excluding diaryl/α,β-unsaturated/α-hetero) is 1. The molecular formula is C14H21NO2. The number of hydrogen-bond donors (Lipinski definition) is 2. The van der Waals surface area contributed by atoms with Crippen LogP contribution in [0.1, 0.15) is 29.5 Å². The molecule has 0 spiro atoms. The fourth-order valence-corrected chi connectivity index (χ4v) is 1.73. The third-order valence-electron chi connectivity index (χ3n) is 2.92. The predicted octanol–water partition coefficient (Wildman–Crippen LogP) is 1.51. The second kappa shape index (κ2) is 6.52. The van der Waals surface area contributed by atoms with Crippen molar-refractivity contribution in [2.75, 3.05) is 6.61 Å². The molecule has 0 saturated carbocycles. The maximum absolute atomic E-state index is 11.8. The number of aliphatic hydroxyl groups is 1. The number of carbonyl (C=O) groups excluding carboxylic acids is 1. The van der Waals surface area contributed by atoms with Crippen LogP contribution in [0.2, 0.25) is 0 Å². The monoisotopic (exact) mass is 235 g/mol. The Kier molecular flexibility index (Phi) is 5.32. The second-order valence-corrected chi connectivity index (χ2v) is 4.63. The van der Waals surface area contributed by atoms with Crippen LogP contribution in [-0.4, -0.2) is 23.5 Å². The van der Waals surface area contributed by atoms with Gasteiger partial charge in [-0.2, -0.15) is 0 Å². The molecule has 1 aromatic carbocycles. The molecule has 0 aliphatic rings. The van der Waals surface area contributed by atoms with Gasteiger partial charge in [-0.1, -0.05) is 23.8 Å². The van der Waals surface area contributed by atoms with Crippen molar-refractivity contribution in [1.82, 2.24) is 0 Å². The first-order chi connectivity index (χ1) is 8.02. The van der Waals surface area contributed by atoms with Crippen LogP contribution >= 0.6 is 0 Å². The van der Waals surface area contributed by atoms with E-state index in [1.54, 1.807) is 0 Å². The predicted molar refractivity (Wildman–Crippen MR) is 68.9 cm³/mol. The van der Waals surface area contributed by atoms with E-state index in [0.717, 1.165) is 11.1 Å². The molecule has 0 aliphatic carbocycles. The number of rotatable bonds is 6. The minimum atomic E-state index is -0.280. The lowest BCUT2D eigenvalue weighted by Crippen LogP contribution is -2.25. The molecule has 0 radical (unpaired) electrons. The van der Waals surface area contributed by atoms with Gasteiger partial charge in [-0.3, -0.25) is 4.79 Å². The molecule has 1 rings (SSSR count). The van der Waals surface area contributed by atoms with E-state index >= 15 is 0 Å². The van der Waals surface area contributed by atoms with Crippen molar-refractivity contribution in [2.24, 2.45) is 5.73 Å². The molecule has 0 aromatic heterocycles. The van der Waals surface area contributed by atoms with E-state index in [1.807, 2.05) is 26.0 Å². The molecule has 1 unspecified atom stereocenters. The van der Waals surface area contributed by atoms with Crippen LogP contribution in [0.15, 0.2) is 18.2 Å². The van der Waals surface area contributed by atoms with Gasteiger partial charge in [0.05, 0.1) is 6.61 Å². The zero-order valence-corrected chi connectivity index (χ0v) is 10.6. The number of nitrogens with two attached hydrogens (primary N) is 1. The van der Waals surface area contributed by atoms with Gasteiger partial charge in [0.1, 0.15) is 5.78 Å². The van der Waals surface area contributed by atoms with Crippen LogP contribution in [0, 0.1) is 13.8 Å². The summed E-state index contributed by atoms with van der Waals surface area (Å²) < 4.78 is 0. The van der Waals surface area contributed by atoms with Gasteiger partial charge in [-0.15, -0.1) is 0 Å². The summed E-state index contributed by atoms with van der Waals surface area (Å²) in [5.41, 5.74) is 8.98. The molecular weight excluding hydrogens is 214 g/mol. The molecule has 3 nitrogen and oxygen atoms in total. The van der Waals surface area contributed by atoms with Gasteiger partial charge >= 0.3 is 0 Å². The lowest BCUT2D eigenvalue weighted by molar-refractivity contribution is -0.118. The molecule has 0 saturated heterocycles. The zero-order chi connectivity index (χ0) is 12.8. The quantitative estimate of drug-likeness (QED) is 0.785. The first-order valence-electron chi connectivity index (χ1n) is 5.97. The highest BCUT2D eigenvalue weighted by atomic mass is 16.3. The van der Waals surface area contributed by atoms with E-state index in [1.165, 1.54) is 5.56 Å². The highest BCUT2D eigenvalue weighted by Crippen LogP contribution is 2.12. The Labute approximate surface area is 103 Å². The molecule has 0 amide bonds. The highest BCUT2D eigenvalue weighted by Gasteiger charge is 2.09. The molecule has 1 aromatic rings. The zero-order valence-electron chi connectivity index (χ0n) is 10.6. The minimum absolute atomic E-state index is 0.0588. The number of benzene rings is 1. The first kappa shape index (κ1) is 13.9. The summed E-state index contributed by atoms with van der Waals surface area (Å²) in [4.78, 5) is 11.8. The molecule has 3 heteroatoms. The third kappa shape index (κ3) is 4.67. The van der Waals surface area contributed by atoms with E-state index in [4.69, 9.17) is 10.8 Å². The number of hydrogen-bond acceptors (Lipinski definition) is 3. The van der Waals surface area contributed by atoms with Gasteiger partial charge in [0.15, 0.2) is 0 Å². The van der Waals surface area contributed by atoms with Crippen molar-refractivity contribution in [3.8, 4) is 0 Å². The average Bonchev–Trinajstić information content (AvgIpc) is 2.30. The number of ketones is 1. The molecule has 0 heterocycles. The van der Waals surface area contributed by atoms with Crippen molar-refractivity contribution in [3.63, 3.8) is 0 Å². The average molecular weight is 235 g/mol. The van der Waals surface area contributed by atoms with E-state index in [2.05, 4.69) is 6.07 Å². The van der Waals surface area contributed by atoms with Crippen LogP contribution in [0.25, 0.3) is 0 Å². The molecule has 3 N–H and O–H groups in total. The van der Waals surface area contributed by atoms with Gasteiger partial charge in [-0.25, -0.2) is 0 Å². The summed E-state index contributed by atoms with van der Waals surface area (Å²) >= 11 is 0. The van der Waals surface area contributed by atoms with Gasteiger partial charge in [0.2, 0.25) is 0 Å². The standard InChI is InChI=1S/C14H21NO2/c1-10-3-4-11(2)12(7-10)8-14(17)6-5-13(15)9-16/h3-4,7,13,16H,5-6,8-9,15H2,1-2H3. The first-order valence-corrected chi connectivity index (χ1v) is 5.97.